The van der Waals surface area contributed by atoms with E-state index in [9.17, 15) is 5.11 Å². The minimum absolute atomic E-state index is 0.408. The van der Waals surface area contributed by atoms with E-state index in [1.165, 1.54) is 0 Å². The third kappa shape index (κ3) is 1.80. The first-order chi connectivity index (χ1) is 5.56. The van der Waals surface area contributed by atoms with E-state index in [2.05, 4.69) is 15.2 Å². The summed E-state index contributed by atoms with van der Waals surface area (Å²) in [6, 6.07) is 0. The number of nitrogens with two attached hydrogens (primary N) is 1. The van der Waals surface area contributed by atoms with Gasteiger partial charge in [-0.05, 0) is 26.8 Å². The molecule has 0 radical (unpaired) electrons. The molecule has 0 bridgehead atoms. The Morgan fingerprint density at radius 1 is 1.67 bits per heavy atom. The van der Waals surface area contributed by atoms with Crippen molar-refractivity contribution in [2.75, 3.05) is 6.54 Å². The van der Waals surface area contributed by atoms with Gasteiger partial charge in [0.1, 0.15) is 11.4 Å². The van der Waals surface area contributed by atoms with Crippen LogP contribution >= 0.6 is 0 Å². The van der Waals surface area contributed by atoms with E-state index in [0.29, 0.717) is 24.6 Å². The lowest BCUT2D eigenvalue weighted by Crippen LogP contribution is -2.26. The van der Waals surface area contributed by atoms with Crippen molar-refractivity contribution in [2.45, 2.75) is 25.9 Å². The van der Waals surface area contributed by atoms with Crippen LogP contribution in [0.15, 0.2) is 0 Å². The van der Waals surface area contributed by atoms with E-state index in [4.69, 9.17) is 5.73 Å². The minimum atomic E-state index is -1.01. The van der Waals surface area contributed by atoms with Crippen LogP contribution < -0.4 is 5.73 Å². The number of aryl methyl sites for hydroxylation is 1. The van der Waals surface area contributed by atoms with Gasteiger partial charge in [-0.1, -0.05) is 0 Å². The number of nitrogens with zero attached hydrogens (tertiary/aromatic N) is 2. The van der Waals surface area contributed by atoms with Gasteiger partial charge < -0.3 is 10.8 Å². The van der Waals surface area contributed by atoms with Gasteiger partial charge in [-0.3, -0.25) is 5.10 Å². The third-order valence-corrected chi connectivity index (χ3v) is 1.71. The van der Waals surface area contributed by atoms with Gasteiger partial charge in [0.25, 0.3) is 0 Å². The fourth-order valence-corrected chi connectivity index (χ4v) is 0.976. The predicted octanol–water partition coefficient (Wildman–Crippen LogP) is -0.331. The van der Waals surface area contributed by atoms with Crippen molar-refractivity contribution in [2.24, 2.45) is 5.73 Å². The van der Waals surface area contributed by atoms with Gasteiger partial charge in [0.15, 0.2) is 5.82 Å². The second-order valence-electron chi connectivity index (χ2n) is 3.06. The van der Waals surface area contributed by atoms with Crippen LogP contribution in [0.3, 0.4) is 0 Å². The van der Waals surface area contributed by atoms with Gasteiger partial charge in [0, 0.05) is 0 Å². The van der Waals surface area contributed by atoms with Gasteiger partial charge >= 0.3 is 0 Å². The van der Waals surface area contributed by atoms with E-state index in [0.717, 1.165) is 0 Å². The maximum absolute atomic E-state index is 9.77. The smallest absolute Gasteiger partial charge is 0.181 e. The van der Waals surface area contributed by atoms with Crippen LogP contribution in [0.2, 0.25) is 0 Å². The maximum Gasteiger partial charge on any atom is 0.181 e. The van der Waals surface area contributed by atoms with Gasteiger partial charge in [0.05, 0.1) is 0 Å². The lowest BCUT2D eigenvalue weighted by molar-refractivity contribution is 0.0414. The molecule has 0 aliphatic heterocycles. The summed E-state index contributed by atoms with van der Waals surface area (Å²) < 4.78 is 0. The van der Waals surface area contributed by atoms with E-state index >= 15 is 0 Å². The van der Waals surface area contributed by atoms with Crippen molar-refractivity contribution in [1.82, 2.24) is 15.2 Å². The Bertz CT molecular complexity index is 256. The molecule has 4 N–H and O–H groups in total. The molecule has 0 aliphatic carbocycles. The molecule has 0 amide bonds. The fraction of sp³-hybridized carbons (Fsp3) is 0.714. The summed E-state index contributed by atoms with van der Waals surface area (Å²) in [5, 5.41) is 16.3. The first-order valence-electron chi connectivity index (χ1n) is 3.88. The van der Waals surface area contributed by atoms with Crippen molar-refractivity contribution in [3.63, 3.8) is 0 Å². The standard InChI is InChI=1S/C7H14N4O/c1-5-9-6(11-10-5)7(2,12)3-4-8/h12H,3-4,8H2,1-2H3,(H,9,10,11). The van der Waals surface area contributed by atoms with E-state index in [1.54, 1.807) is 13.8 Å². The summed E-state index contributed by atoms with van der Waals surface area (Å²) in [4.78, 5) is 4.03. The summed E-state index contributed by atoms with van der Waals surface area (Å²) in [6.07, 6.45) is 0.463. The van der Waals surface area contributed by atoms with Gasteiger partial charge in [-0.2, -0.15) is 5.10 Å². The molecular formula is C7H14N4O. The van der Waals surface area contributed by atoms with E-state index < -0.39 is 5.60 Å². The molecule has 1 aromatic rings. The number of aliphatic hydroxyl groups is 1. The highest BCUT2D eigenvalue weighted by atomic mass is 16.3. The zero-order chi connectivity index (χ0) is 9.19. The average molecular weight is 170 g/mol. The molecule has 1 heterocycles. The highest BCUT2D eigenvalue weighted by Gasteiger charge is 2.26. The van der Waals surface area contributed by atoms with Crippen LogP contribution in [0.5, 0.6) is 0 Å². The van der Waals surface area contributed by atoms with Crippen molar-refractivity contribution < 1.29 is 5.11 Å². The second-order valence-corrected chi connectivity index (χ2v) is 3.06. The quantitative estimate of drug-likeness (QED) is 0.579. The Balaban J connectivity index is 2.81. The third-order valence-electron chi connectivity index (χ3n) is 1.71. The lowest BCUT2D eigenvalue weighted by atomic mass is 10.0. The normalized spacial score (nSPS) is 16.0. The molecule has 68 valence electrons. The van der Waals surface area contributed by atoms with Crippen LogP contribution in [0.4, 0.5) is 0 Å². The largest absolute Gasteiger partial charge is 0.382 e. The highest BCUT2D eigenvalue weighted by molar-refractivity contribution is 4.99. The SMILES string of the molecule is Cc1nc(C(C)(O)CCN)n[nH]1. The number of H-pyrrole nitrogens is 1. The number of nitrogens with one attached hydrogen (secondary N) is 1. The molecule has 1 atom stereocenters. The van der Waals surface area contributed by atoms with Crippen LogP contribution in [0, 0.1) is 6.92 Å². The summed E-state index contributed by atoms with van der Waals surface area (Å²) in [7, 11) is 0. The van der Waals surface area contributed by atoms with Gasteiger partial charge in [-0.15, -0.1) is 0 Å². The van der Waals surface area contributed by atoms with Crippen molar-refractivity contribution >= 4 is 0 Å². The molecular weight excluding hydrogens is 156 g/mol. The highest BCUT2D eigenvalue weighted by Crippen LogP contribution is 2.19. The minimum Gasteiger partial charge on any atom is -0.382 e. The molecule has 5 nitrogen and oxygen atoms in total. The number of hydrogen-bond acceptors (Lipinski definition) is 4. The second kappa shape index (κ2) is 3.20. The van der Waals surface area contributed by atoms with Gasteiger partial charge in [0.2, 0.25) is 0 Å². The zero-order valence-electron chi connectivity index (χ0n) is 7.33. The van der Waals surface area contributed by atoms with Crippen molar-refractivity contribution in [3.8, 4) is 0 Å². The molecule has 0 fully saturated rings. The van der Waals surface area contributed by atoms with Crippen LogP contribution in [0.1, 0.15) is 25.0 Å². The van der Waals surface area contributed by atoms with E-state index in [-0.39, 0.29) is 0 Å². The Morgan fingerprint density at radius 2 is 2.33 bits per heavy atom. The zero-order valence-corrected chi connectivity index (χ0v) is 7.33. The Morgan fingerprint density at radius 3 is 2.75 bits per heavy atom. The number of rotatable bonds is 3. The van der Waals surface area contributed by atoms with Crippen LogP contribution in [-0.4, -0.2) is 26.8 Å². The summed E-state index contributed by atoms with van der Waals surface area (Å²) >= 11 is 0. The molecule has 0 spiro atoms. The first-order valence-corrected chi connectivity index (χ1v) is 3.88. The molecule has 1 unspecified atom stereocenters. The van der Waals surface area contributed by atoms with Crippen LogP contribution in [-0.2, 0) is 5.60 Å². The number of aromatic nitrogens is 3. The summed E-state index contributed by atoms with van der Waals surface area (Å²) in [6.45, 7) is 3.86. The maximum atomic E-state index is 9.77. The molecule has 1 rings (SSSR count). The molecule has 5 heteroatoms. The Kier molecular flexibility index (Phi) is 2.44. The van der Waals surface area contributed by atoms with E-state index in [1.807, 2.05) is 0 Å². The van der Waals surface area contributed by atoms with Crippen LogP contribution in [0.25, 0.3) is 0 Å². The van der Waals surface area contributed by atoms with Crippen molar-refractivity contribution in [1.29, 1.82) is 0 Å². The Hall–Kier alpha value is -0.940. The van der Waals surface area contributed by atoms with Gasteiger partial charge in [-0.25, -0.2) is 4.98 Å². The monoisotopic (exact) mass is 170 g/mol. The van der Waals surface area contributed by atoms with Crippen molar-refractivity contribution in [3.05, 3.63) is 11.6 Å². The topological polar surface area (TPSA) is 87.8 Å². The fourth-order valence-electron chi connectivity index (χ4n) is 0.976. The number of aromatic amines is 1. The predicted molar refractivity (Wildman–Crippen MR) is 44.4 cm³/mol. The number of hydrogen-bond donors (Lipinski definition) is 3. The first kappa shape index (κ1) is 9.15. The lowest BCUT2D eigenvalue weighted by Gasteiger charge is -2.17. The molecule has 12 heavy (non-hydrogen) atoms. The molecule has 0 aromatic carbocycles. The molecule has 0 saturated heterocycles. The molecule has 0 aliphatic rings. The summed E-state index contributed by atoms with van der Waals surface area (Å²) in [5.41, 5.74) is 4.32. The molecule has 1 aromatic heterocycles. The molecule has 0 saturated carbocycles. The average Bonchev–Trinajstić information content (AvgIpc) is 2.36. The Labute approximate surface area is 71.0 Å². The summed E-state index contributed by atoms with van der Waals surface area (Å²) in [5.74, 6) is 1.10.